The number of benzene rings is 3. The van der Waals surface area contributed by atoms with Gasteiger partial charge in [-0.2, -0.15) is 4.36 Å². The van der Waals surface area contributed by atoms with Gasteiger partial charge >= 0.3 is 0 Å². The first kappa shape index (κ1) is 27.8. The van der Waals surface area contributed by atoms with Gasteiger partial charge in [0.05, 0.1) is 24.2 Å². The predicted octanol–water partition coefficient (Wildman–Crippen LogP) is 8.17. The van der Waals surface area contributed by atoms with Crippen molar-refractivity contribution in [1.82, 2.24) is 0 Å². The second-order valence-corrected chi connectivity index (χ2v) is 12.0. The fourth-order valence-electron chi connectivity index (χ4n) is 2.85. The lowest BCUT2D eigenvalue weighted by atomic mass is 10.2. The van der Waals surface area contributed by atoms with Crippen molar-refractivity contribution in [2.24, 2.45) is 8.73 Å². The fraction of sp³-hybridized carbons (Fsp3) is 0.154. The first-order valence-electron chi connectivity index (χ1n) is 10.8. The van der Waals surface area contributed by atoms with Gasteiger partial charge in [-0.05, 0) is 61.4 Å². The number of furan rings is 1. The Labute approximate surface area is 219 Å². The molecule has 10 heteroatoms. The Morgan fingerprint density at radius 2 is 1.19 bits per heavy atom. The number of rotatable bonds is 6. The molecule has 0 spiro atoms. The van der Waals surface area contributed by atoms with Crippen molar-refractivity contribution in [2.75, 3.05) is 0 Å². The molecule has 2 atom stereocenters. The summed E-state index contributed by atoms with van der Waals surface area (Å²) in [7, 11) is -7.75. The molecule has 1 heterocycles. The van der Waals surface area contributed by atoms with Gasteiger partial charge in [0.25, 0.3) is 10.1 Å². The third kappa shape index (κ3) is 8.39. The molecule has 0 aliphatic rings. The lowest BCUT2D eigenvalue weighted by Gasteiger charge is -2.02. The minimum Gasteiger partial charge on any atom is -0.452 e. The summed E-state index contributed by atoms with van der Waals surface area (Å²) in [6.07, 6.45) is 1.27. The second kappa shape index (κ2) is 12.4. The van der Waals surface area contributed by atoms with Crippen molar-refractivity contribution >= 4 is 36.2 Å². The zero-order valence-electron chi connectivity index (χ0n) is 19.6. The zero-order chi connectivity index (χ0) is 26.2. The number of hydrogen-bond acceptors (Lipinski definition) is 5. The van der Waals surface area contributed by atoms with Crippen molar-refractivity contribution in [1.29, 1.82) is 0 Å². The van der Waals surface area contributed by atoms with Crippen LogP contribution in [0.25, 0.3) is 0 Å². The van der Waals surface area contributed by atoms with Crippen LogP contribution in [0.1, 0.15) is 22.3 Å². The average Bonchev–Trinajstić information content (AvgIpc) is 3.41. The van der Waals surface area contributed by atoms with E-state index in [0.717, 1.165) is 26.7 Å². The molecule has 0 fully saturated rings. The van der Waals surface area contributed by atoms with Crippen LogP contribution in [-0.4, -0.2) is 8.42 Å². The molecule has 4 rings (SSSR count). The smallest absolute Gasteiger partial charge is 0.264 e. The predicted molar refractivity (Wildman–Crippen MR) is 143 cm³/mol. The summed E-state index contributed by atoms with van der Waals surface area (Å²) in [5.74, 6) is 0. The highest BCUT2D eigenvalue weighted by Gasteiger charge is 2.13. The van der Waals surface area contributed by atoms with Gasteiger partial charge in [0, 0.05) is 4.47 Å². The van der Waals surface area contributed by atoms with E-state index in [1.54, 1.807) is 12.1 Å². The summed E-state index contributed by atoms with van der Waals surface area (Å²) in [4.78, 5) is 0.0998. The van der Waals surface area contributed by atoms with Gasteiger partial charge in [0.2, 0.25) is 15.2 Å². The maximum absolute atomic E-state index is 14.1. The molecule has 190 valence electrons. The van der Waals surface area contributed by atoms with Crippen LogP contribution in [0.4, 0.5) is 7.77 Å². The molecule has 3 aromatic carbocycles. The van der Waals surface area contributed by atoms with Crippen LogP contribution in [0, 0.1) is 13.8 Å². The van der Waals surface area contributed by atoms with E-state index in [-0.39, 0.29) is 23.1 Å². The Kier molecular flexibility index (Phi) is 9.58. The Morgan fingerprint density at radius 3 is 1.64 bits per heavy atom. The standard InChI is InChI=1S/C14H13BrFNOS.C12H12FNO2S/c1-11-2-4-12(5-3-11)10-17-19(16,18)14-8-6-13(15)7-9-14;1-10-4-6-11(7-5-10)9-14-17(13,15)12-3-2-8-16-12/h2-9H,10H2,1H3;2-8H,9H2,1H3. The highest BCUT2D eigenvalue weighted by molar-refractivity contribution is 9.10. The Morgan fingerprint density at radius 1 is 0.722 bits per heavy atom. The van der Waals surface area contributed by atoms with E-state index in [4.69, 9.17) is 4.42 Å². The SMILES string of the molecule is Cc1ccc(CN=S(=O)(F)c2ccc(Br)cc2)cc1.Cc1ccc(CN=S(=O)(F)c2ccco2)cc1. The van der Waals surface area contributed by atoms with E-state index in [2.05, 4.69) is 24.7 Å². The molecule has 0 bridgehead atoms. The maximum atomic E-state index is 14.1. The van der Waals surface area contributed by atoms with Crippen molar-refractivity contribution in [3.05, 3.63) is 118 Å². The van der Waals surface area contributed by atoms with Crippen LogP contribution >= 0.6 is 15.9 Å². The van der Waals surface area contributed by atoms with Crippen LogP contribution in [0.5, 0.6) is 0 Å². The quantitative estimate of drug-likeness (QED) is 0.211. The Bertz CT molecular complexity index is 1510. The molecular weight excluding hydrogens is 570 g/mol. The van der Waals surface area contributed by atoms with Crippen molar-refractivity contribution in [2.45, 2.75) is 36.9 Å². The summed E-state index contributed by atoms with van der Waals surface area (Å²) >= 11 is 3.25. The number of nitrogens with zero attached hydrogens (tertiary/aromatic N) is 2. The number of aryl methyl sites for hydroxylation is 2. The van der Waals surface area contributed by atoms with E-state index in [1.165, 1.54) is 30.5 Å². The van der Waals surface area contributed by atoms with E-state index >= 15 is 0 Å². The average molecular weight is 596 g/mol. The highest BCUT2D eigenvalue weighted by Crippen LogP contribution is 2.20. The molecule has 0 radical (unpaired) electrons. The molecule has 1 aromatic heterocycles. The first-order chi connectivity index (χ1) is 17.0. The maximum Gasteiger partial charge on any atom is 0.264 e. The number of halogens is 3. The zero-order valence-corrected chi connectivity index (χ0v) is 22.9. The van der Waals surface area contributed by atoms with Gasteiger partial charge in [-0.3, -0.25) is 0 Å². The van der Waals surface area contributed by atoms with Gasteiger partial charge < -0.3 is 4.42 Å². The van der Waals surface area contributed by atoms with Crippen LogP contribution in [-0.2, 0) is 33.3 Å². The fourth-order valence-corrected chi connectivity index (χ4v) is 4.91. The summed E-state index contributed by atoms with van der Waals surface area (Å²) in [5, 5.41) is -0.232. The van der Waals surface area contributed by atoms with Crippen LogP contribution in [0.2, 0.25) is 0 Å². The lowest BCUT2D eigenvalue weighted by Crippen LogP contribution is -1.94. The summed E-state index contributed by atoms with van der Waals surface area (Å²) in [6, 6.07) is 24.1. The van der Waals surface area contributed by atoms with E-state index in [1.807, 2.05) is 62.4 Å². The second-order valence-electron chi connectivity index (χ2n) is 7.85. The number of hydrogen-bond donors (Lipinski definition) is 0. The van der Waals surface area contributed by atoms with Gasteiger partial charge in [-0.1, -0.05) is 75.6 Å². The normalized spacial score (nSPS) is 14.0. The third-order valence-corrected chi connectivity index (χ3v) is 7.95. The molecule has 4 aromatic rings. The Balaban J connectivity index is 0.000000202. The van der Waals surface area contributed by atoms with Crippen molar-refractivity contribution in [3.8, 4) is 0 Å². The monoisotopic (exact) mass is 594 g/mol. The minimum absolute atomic E-state index is 0.0658. The van der Waals surface area contributed by atoms with Crippen LogP contribution in [0.3, 0.4) is 0 Å². The van der Waals surface area contributed by atoms with E-state index < -0.39 is 20.2 Å². The van der Waals surface area contributed by atoms with E-state index in [9.17, 15) is 16.2 Å². The van der Waals surface area contributed by atoms with Gasteiger partial charge in [-0.25, -0.2) is 12.8 Å². The first-order valence-corrected chi connectivity index (χ1v) is 14.4. The molecule has 0 saturated carbocycles. The minimum atomic E-state index is -3.92. The van der Waals surface area contributed by atoms with Crippen molar-refractivity contribution in [3.63, 3.8) is 0 Å². The third-order valence-electron chi connectivity index (χ3n) is 4.92. The largest absolute Gasteiger partial charge is 0.452 e. The molecular formula is C26H25BrF2N2O3S2. The van der Waals surface area contributed by atoms with Gasteiger partial charge in [0.1, 0.15) is 0 Å². The summed E-state index contributed by atoms with van der Waals surface area (Å²) in [5.41, 5.74) is 3.89. The molecule has 0 aliphatic heterocycles. The van der Waals surface area contributed by atoms with Gasteiger partial charge in [0.15, 0.2) is 0 Å². The molecule has 0 saturated heterocycles. The highest BCUT2D eigenvalue weighted by atomic mass is 79.9. The summed E-state index contributed by atoms with van der Waals surface area (Å²) in [6.45, 7) is 4.10. The van der Waals surface area contributed by atoms with E-state index in [0.29, 0.717) is 0 Å². The van der Waals surface area contributed by atoms with Crippen molar-refractivity contribution < 1.29 is 20.6 Å². The van der Waals surface area contributed by atoms with Gasteiger partial charge in [-0.15, -0.1) is 7.77 Å². The van der Waals surface area contributed by atoms with Crippen LogP contribution < -0.4 is 0 Å². The molecule has 0 amide bonds. The van der Waals surface area contributed by atoms with Crippen LogP contribution in [0.15, 0.2) is 119 Å². The molecule has 2 unspecified atom stereocenters. The molecule has 36 heavy (non-hydrogen) atoms. The Hall–Kier alpha value is -2.82. The molecule has 0 aliphatic carbocycles. The molecule has 5 nitrogen and oxygen atoms in total. The summed E-state index contributed by atoms with van der Waals surface area (Å²) < 4.78 is 64.0. The topological polar surface area (TPSA) is 72.0 Å². The molecule has 0 N–H and O–H groups in total. The lowest BCUT2D eigenvalue weighted by molar-refractivity contribution is 0.453.